The van der Waals surface area contributed by atoms with Crippen LogP contribution in [0.5, 0.6) is 34.5 Å². The van der Waals surface area contributed by atoms with E-state index < -0.39 is 11.5 Å². The topological polar surface area (TPSA) is 121 Å². The molecule has 0 aliphatic carbocycles. The van der Waals surface area contributed by atoms with Crippen molar-refractivity contribution in [2.45, 2.75) is 31.6 Å². The number of benzene rings is 4. The van der Waals surface area contributed by atoms with Crippen molar-refractivity contribution >= 4 is 0 Å². The molecule has 0 aliphatic rings. The van der Waals surface area contributed by atoms with Gasteiger partial charge in [0.2, 0.25) is 0 Å². The van der Waals surface area contributed by atoms with E-state index in [-0.39, 0.29) is 34.8 Å². The monoisotopic (exact) mass is 486 g/mol. The lowest BCUT2D eigenvalue weighted by Gasteiger charge is -2.29. The number of phenols is 6. The second-order valence-corrected chi connectivity index (χ2v) is 9.18. The predicted molar refractivity (Wildman–Crippen MR) is 138 cm³/mol. The Morgan fingerprint density at radius 1 is 0.500 bits per heavy atom. The molecule has 4 rings (SSSR count). The van der Waals surface area contributed by atoms with Crippen molar-refractivity contribution in [3.8, 4) is 34.5 Å². The van der Waals surface area contributed by atoms with Gasteiger partial charge in [0.25, 0.3) is 0 Å². The Bertz CT molecular complexity index is 1260. The predicted octanol–water partition coefficient (Wildman–Crippen LogP) is 5.74. The molecule has 0 spiro atoms. The van der Waals surface area contributed by atoms with Gasteiger partial charge in [-0.05, 0) is 84.0 Å². The van der Waals surface area contributed by atoms with Crippen molar-refractivity contribution in [2.24, 2.45) is 5.92 Å². The molecule has 6 nitrogen and oxygen atoms in total. The summed E-state index contributed by atoms with van der Waals surface area (Å²) in [4.78, 5) is 0. The first kappa shape index (κ1) is 24.8. The van der Waals surface area contributed by atoms with Gasteiger partial charge in [-0.1, -0.05) is 60.7 Å². The smallest absolute Gasteiger partial charge is 0.200 e. The summed E-state index contributed by atoms with van der Waals surface area (Å²) in [5.41, 5.74) is 3.59. The summed E-state index contributed by atoms with van der Waals surface area (Å²) in [6.45, 7) is 0. The summed E-state index contributed by atoms with van der Waals surface area (Å²) in [7, 11) is 0. The second-order valence-electron chi connectivity index (χ2n) is 9.18. The number of aromatic hydroxyl groups is 6. The summed E-state index contributed by atoms with van der Waals surface area (Å²) in [6.07, 6.45) is 2.50. The van der Waals surface area contributed by atoms with Crippen molar-refractivity contribution in [3.05, 3.63) is 107 Å². The normalized spacial score (nSPS) is 12.8. The second kappa shape index (κ2) is 11.0. The number of hydrogen-bond donors (Lipinski definition) is 6. The minimum Gasteiger partial charge on any atom is -0.504 e. The van der Waals surface area contributed by atoms with E-state index in [0.717, 1.165) is 11.1 Å². The molecule has 4 aromatic rings. The van der Waals surface area contributed by atoms with Crippen LogP contribution >= 0.6 is 0 Å². The first-order valence-electron chi connectivity index (χ1n) is 11.9. The maximum atomic E-state index is 10.3. The molecule has 6 heteroatoms. The minimum atomic E-state index is -0.549. The third-order valence-electron chi connectivity index (χ3n) is 6.66. The Hall–Kier alpha value is -4.32. The number of phenolic OH excluding ortho intramolecular Hbond substituents is 6. The lowest BCUT2D eigenvalue weighted by atomic mass is 9.75. The summed E-state index contributed by atoms with van der Waals surface area (Å²) < 4.78 is 0. The van der Waals surface area contributed by atoms with Gasteiger partial charge in [-0.2, -0.15) is 0 Å². The highest BCUT2D eigenvalue weighted by Gasteiger charge is 2.26. The van der Waals surface area contributed by atoms with Gasteiger partial charge >= 0.3 is 0 Å². The Morgan fingerprint density at radius 2 is 0.944 bits per heavy atom. The molecule has 186 valence electrons. The number of aryl methyl sites for hydroxylation is 1. The Balaban J connectivity index is 1.73. The Morgan fingerprint density at radius 3 is 1.44 bits per heavy atom. The molecule has 0 saturated heterocycles. The van der Waals surface area contributed by atoms with Crippen LogP contribution in [0.1, 0.15) is 34.6 Å². The van der Waals surface area contributed by atoms with Crippen LogP contribution in [0.15, 0.2) is 84.9 Å². The largest absolute Gasteiger partial charge is 0.504 e. The molecule has 0 aliphatic heterocycles. The SMILES string of the molecule is Oc1cc(CC[C@H](Cc2ccccc2)[C@@H](Cc2ccccc2)c2cc(O)c(O)c(O)c2)cc(O)c1O. The van der Waals surface area contributed by atoms with E-state index in [2.05, 4.69) is 12.1 Å². The van der Waals surface area contributed by atoms with E-state index in [0.29, 0.717) is 36.8 Å². The van der Waals surface area contributed by atoms with Crippen LogP contribution in [0.4, 0.5) is 0 Å². The minimum absolute atomic E-state index is 0.0223. The van der Waals surface area contributed by atoms with Crippen molar-refractivity contribution in [3.63, 3.8) is 0 Å². The van der Waals surface area contributed by atoms with Crippen LogP contribution < -0.4 is 0 Å². The lowest BCUT2D eigenvalue weighted by molar-refractivity contribution is 0.357. The Labute approximate surface area is 210 Å². The van der Waals surface area contributed by atoms with Crippen molar-refractivity contribution < 1.29 is 30.6 Å². The summed E-state index contributed by atoms with van der Waals surface area (Å²) >= 11 is 0. The first-order chi connectivity index (χ1) is 17.3. The van der Waals surface area contributed by atoms with Crippen molar-refractivity contribution in [2.75, 3.05) is 0 Å². The zero-order chi connectivity index (χ0) is 25.7. The van der Waals surface area contributed by atoms with E-state index in [1.54, 1.807) is 0 Å². The summed E-state index contributed by atoms with van der Waals surface area (Å²) in [6, 6.07) is 25.8. The molecule has 2 atom stereocenters. The van der Waals surface area contributed by atoms with Gasteiger partial charge < -0.3 is 30.6 Å². The summed E-state index contributed by atoms with van der Waals surface area (Å²) in [5.74, 6) is -2.72. The van der Waals surface area contributed by atoms with Crippen molar-refractivity contribution in [1.29, 1.82) is 0 Å². The van der Waals surface area contributed by atoms with Crippen LogP contribution in [0.2, 0.25) is 0 Å². The van der Waals surface area contributed by atoms with Crippen LogP contribution in [-0.4, -0.2) is 30.6 Å². The van der Waals surface area contributed by atoms with Gasteiger partial charge in [0.1, 0.15) is 0 Å². The molecule has 0 bridgehead atoms. The molecular formula is C30H30O6. The molecule has 4 aromatic carbocycles. The number of rotatable bonds is 9. The van der Waals surface area contributed by atoms with Crippen LogP contribution in [-0.2, 0) is 19.3 Å². The highest BCUT2D eigenvalue weighted by Crippen LogP contribution is 2.42. The Kier molecular flexibility index (Phi) is 7.54. The molecule has 0 saturated carbocycles. The van der Waals surface area contributed by atoms with Crippen molar-refractivity contribution in [1.82, 2.24) is 0 Å². The standard InChI is InChI=1S/C30H30O6/c31-25-15-21(16-26(32)29(25)35)11-12-22(13-19-7-3-1-4-8-19)24(14-20-9-5-2-6-10-20)23-17-27(33)30(36)28(34)18-23/h1-10,15-18,22,24,31-36H,11-14H2/t22-,24-/m1/s1. The third kappa shape index (κ3) is 5.84. The highest BCUT2D eigenvalue weighted by atomic mass is 16.3. The fourth-order valence-electron chi connectivity index (χ4n) is 4.78. The first-order valence-corrected chi connectivity index (χ1v) is 11.9. The maximum absolute atomic E-state index is 10.3. The molecule has 0 unspecified atom stereocenters. The van der Waals surface area contributed by atoms with E-state index >= 15 is 0 Å². The van der Waals surface area contributed by atoms with Gasteiger partial charge in [0, 0.05) is 0 Å². The zero-order valence-electron chi connectivity index (χ0n) is 19.7. The van der Waals surface area contributed by atoms with Gasteiger partial charge in [0.15, 0.2) is 34.5 Å². The quantitative estimate of drug-likeness (QED) is 0.168. The van der Waals surface area contributed by atoms with Gasteiger partial charge in [-0.25, -0.2) is 0 Å². The fraction of sp³-hybridized carbons (Fsp3) is 0.200. The van der Waals surface area contributed by atoms with Crippen LogP contribution in [0.25, 0.3) is 0 Å². The van der Waals surface area contributed by atoms with E-state index in [4.69, 9.17) is 0 Å². The summed E-state index contributed by atoms with van der Waals surface area (Å²) in [5, 5.41) is 60.1. The molecule has 0 amide bonds. The van der Waals surface area contributed by atoms with E-state index in [1.807, 2.05) is 48.5 Å². The molecule has 0 radical (unpaired) electrons. The van der Waals surface area contributed by atoms with Gasteiger partial charge in [0.05, 0.1) is 0 Å². The molecule has 0 heterocycles. The maximum Gasteiger partial charge on any atom is 0.200 e. The average Bonchev–Trinajstić information content (AvgIpc) is 2.88. The zero-order valence-corrected chi connectivity index (χ0v) is 19.7. The highest BCUT2D eigenvalue weighted by molar-refractivity contribution is 5.53. The van der Waals surface area contributed by atoms with E-state index in [1.165, 1.54) is 24.3 Å². The fourth-order valence-corrected chi connectivity index (χ4v) is 4.78. The molecule has 0 fully saturated rings. The molecule has 6 N–H and O–H groups in total. The van der Waals surface area contributed by atoms with Crippen LogP contribution in [0.3, 0.4) is 0 Å². The average molecular weight is 487 g/mol. The molecule has 0 aromatic heterocycles. The van der Waals surface area contributed by atoms with Gasteiger partial charge in [-0.3, -0.25) is 0 Å². The van der Waals surface area contributed by atoms with Crippen LogP contribution in [0, 0.1) is 5.92 Å². The van der Waals surface area contributed by atoms with Gasteiger partial charge in [-0.15, -0.1) is 0 Å². The number of hydrogen-bond acceptors (Lipinski definition) is 6. The molecular weight excluding hydrogens is 456 g/mol. The molecule has 36 heavy (non-hydrogen) atoms. The van der Waals surface area contributed by atoms with E-state index in [9.17, 15) is 30.6 Å². The third-order valence-corrected chi connectivity index (χ3v) is 6.66. The lowest BCUT2D eigenvalue weighted by Crippen LogP contribution is -2.19.